The van der Waals surface area contributed by atoms with Crippen LogP contribution in [0.4, 0.5) is 10.5 Å². The Hall–Kier alpha value is -7.23. The number of nitrogens with one attached hydrogen (secondary N) is 4. The number of likely N-dealkylation sites (tertiary alicyclic amines) is 2. The largest absolute Gasteiger partial charge is 0.469 e. The predicted octanol–water partition coefficient (Wildman–Crippen LogP) is 6.81. The number of likely N-dealkylation sites (N-methyl/N-ethyl adjacent to an activating group) is 2. The van der Waals surface area contributed by atoms with Crippen LogP contribution in [-0.4, -0.2) is 229 Å². The number of carbonyl (C=O) groups excluding carboxylic acids is 11. The molecule has 103 heavy (non-hydrogen) atoms. The van der Waals surface area contributed by atoms with Gasteiger partial charge in [-0.2, -0.15) is 0 Å². The summed E-state index contributed by atoms with van der Waals surface area (Å²) >= 11 is 0. The zero-order chi connectivity index (χ0) is 76.6. The molecule has 578 valence electrons. The SMILES string of the molecule is CC[C@H](C)[C@@H]([C@@H](CC(=O)N1CCC[C@H]1[C@H](OC)[C@@H](C)C(=O)C[C@@H](Cc1ccccc1)C(=O)NCc1ccc(NC(=O)[C@H](CCCNC(N)=O)CC(=O)[C@@H](NC(=O)COCCOCCOCC(=O)N2CCC(C(=O)OC)CC2C)C(C)C)cc1)OC)N(C)C(=O)[C@@H](CC(=O)[C@H](C(C)C)N(C)C)C(C)C. The van der Waals surface area contributed by atoms with Crippen LogP contribution < -0.4 is 27.0 Å². The van der Waals surface area contributed by atoms with Gasteiger partial charge in [-0.15, -0.1) is 0 Å². The molecule has 26 nitrogen and oxygen atoms in total. The van der Waals surface area contributed by atoms with Gasteiger partial charge < -0.3 is 70.1 Å². The van der Waals surface area contributed by atoms with Crippen molar-refractivity contribution in [2.75, 3.05) is 107 Å². The Labute approximate surface area is 611 Å². The number of methoxy groups -OCH3 is 3. The van der Waals surface area contributed by atoms with Crippen molar-refractivity contribution in [2.45, 2.75) is 195 Å². The molecule has 0 radical (unpaired) electrons. The number of piperidine rings is 1. The first-order valence-corrected chi connectivity index (χ1v) is 36.9. The Bertz CT molecular complexity index is 3020. The summed E-state index contributed by atoms with van der Waals surface area (Å²) in [5, 5.41) is 11.2. The van der Waals surface area contributed by atoms with Gasteiger partial charge in [0.2, 0.25) is 35.4 Å². The standard InChI is InChI=1S/C77H123N9O17/c1-17-51(8)71(84(13)75(95)60(48(2)3)43-64(89)70(50(6)7)83(11)12)65(98-14)44-67(91)86-33-22-26-61(86)72(99-15)53(10)62(87)42-58(40-54-23-19-18-20-24-54)73(93)80-45-55-27-29-59(30-28-55)81-74(94)56(25-21-32-79-77(78)97)41-63(88)69(49(4)5)82-66(90)46-102-37-35-101-36-38-103-47-68(92)85-34-31-57(39-52(85)9)76(96)100-16/h18-20,23-24,27-30,48-53,56-58,60-61,65,69-72H,17,21-22,25-26,31-47H2,1-16H3,(H,80,93)(H,81,94)(H,82,90)(H3,78,79,97)/t51-,52?,53-,56+,57?,58+,60-,61-,65+,69-,70-,71-,72+/m0/s1. The van der Waals surface area contributed by atoms with Gasteiger partial charge in [0.05, 0.1) is 82.3 Å². The number of primary amides is 1. The Kier molecular flexibility index (Phi) is 38.7. The van der Waals surface area contributed by atoms with E-state index in [9.17, 15) is 52.7 Å². The van der Waals surface area contributed by atoms with Crippen LogP contribution >= 0.6 is 0 Å². The summed E-state index contributed by atoms with van der Waals surface area (Å²) in [6, 6.07) is 13.1. The number of hydrogen-bond acceptors (Lipinski definition) is 18. The van der Waals surface area contributed by atoms with Gasteiger partial charge in [0.15, 0.2) is 11.6 Å². The third-order valence-corrected chi connectivity index (χ3v) is 20.4. The highest BCUT2D eigenvalue weighted by Gasteiger charge is 2.44. The van der Waals surface area contributed by atoms with Crippen LogP contribution in [0.25, 0.3) is 0 Å². The number of carbonyl (C=O) groups is 11. The van der Waals surface area contributed by atoms with Crippen molar-refractivity contribution < 1.29 is 81.2 Å². The predicted molar refractivity (Wildman–Crippen MR) is 392 cm³/mol. The minimum atomic E-state index is -0.954. The van der Waals surface area contributed by atoms with Crippen LogP contribution in [0.2, 0.25) is 0 Å². The van der Waals surface area contributed by atoms with Gasteiger partial charge in [0.1, 0.15) is 19.0 Å². The number of ketones is 3. The Morgan fingerprint density at radius 2 is 1.29 bits per heavy atom. The highest BCUT2D eigenvalue weighted by Crippen LogP contribution is 2.33. The maximum absolute atomic E-state index is 14.7. The molecule has 2 aliphatic heterocycles. The van der Waals surface area contributed by atoms with Crippen molar-refractivity contribution in [3.8, 4) is 0 Å². The van der Waals surface area contributed by atoms with Crippen molar-refractivity contribution in [2.24, 2.45) is 59.0 Å². The minimum absolute atomic E-state index is 0.0108. The first kappa shape index (κ1) is 88.2. The Morgan fingerprint density at radius 3 is 1.86 bits per heavy atom. The molecule has 2 heterocycles. The summed E-state index contributed by atoms with van der Waals surface area (Å²) in [4.78, 5) is 156. The van der Waals surface area contributed by atoms with E-state index in [1.54, 1.807) is 73.9 Å². The number of anilines is 1. The zero-order valence-electron chi connectivity index (χ0n) is 64.3. The lowest BCUT2D eigenvalue weighted by Crippen LogP contribution is -2.54. The maximum atomic E-state index is 14.7. The van der Waals surface area contributed by atoms with Crippen LogP contribution in [0.3, 0.4) is 0 Å². The molecule has 0 aliphatic carbocycles. The number of rotatable bonds is 47. The molecule has 2 unspecified atom stereocenters. The number of esters is 1. The van der Waals surface area contributed by atoms with E-state index in [2.05, 4.69) is 21.3 Å². The highest BCUT2D eigenvalue weighted by molar-refractivity contribution is 5.98. The molecule has 0 saturated carbocycles. The Balaban J connectivity index is 1.36. The summed E-state index contributed by atoms with van der Waals surface area (Å²) in [6.07, 6.45) is 2.12. The molecule has 2 aromatic carbocycles. The molecular formula is C77H123N9O17. The first-order valence-electron chi connectivity index (χ1n) is 36.9. The van der Waals surface area contributed by atoms with Gasteiger partial charge in [-0.1, -0.05) is 111 Å². The monoisotopic (exact) mass is 1450 g/mol. The van der Waals surface area contributed by atoms with Crippen molar-refractivity contribution in [1.29, 1.82) is 0 Å². The van der Waals surface area contributed by atoms with Crippen LogP contribution in [0, 0.1) is 53.3 Å². The maximum Gasteiger partial charge on any atom is 0.312 e. The first-order chi connectivity index (χ1) is 48.9. The minimum Gasteiger partial charge on any atom is -0.469 e. The summed E-state index contributed by atoms with van der Waals surface area (Å²) < 4.78 is 33.7. The number of benzene rings is 2. The van der Waals surface area contributed by atoms with Crippen molar-refractivity contribution in [3.05, 3.63) is 65.7 Å². The number of amides is 8. The third-order valence-electron chi connectivity index (χ3n) is 20.4. The molecular weight excluding hydrogens is 1320 g/mol. The van der Waals surface area contributed by atoms with E-state index in [0.717, 1.165) is 5.56 Å². The summed E-state index contributed by atoms with van der Waals surface area (Å²) in [5.74, 6) is -6.40. The van der Waals surface area contributed by atoms with E-state index in [0.29, 0.717) is 62.9 Å². The number of nitrogens with two attached hydrogens (primary N) is 1. The number of hydrogen-bond donors (Lipinski definition) is 5. The number of urea groups is 1. The molecule has 26 heteroatoms. The van der Waals surface area contributed by atoms with Crippen molar-refractivity contribution in [3.63, 3.8) is 0 Å². The van der Waals surface area contributed by atoms with Crippen molar-refractivity contribution >= 4 is 70.5 Å². The molecule has 6 N–H and O–H groups in total. The van der Waals surface area contributed by atoms with Crippen LogP contribution in [-0.2, 0) is 89.3 Å². The second-order valence-corrected chi connectivity index (χ2v) is 29.2. The van der Waals surface area contributed by atoms with Gasteiger partial charge in [-0.25, -0.2) is 4.79 Å². The number of ether oxygens (including phenoxy) is 6. The quantitative estimate of drug-likeness (QED) is 0.0335. The second kappa shape index (κ2) is 45.2. The fraction of sp³-hybridized carbons (Fsp3) is 0.701. The van der Waals surface area contributed by atoms with Crippen LogP contribution in [0.15, 0.2) is 54.6 Å². The normalized spacial score (nSPS) is 18.4. The Morgan fingerprint density at radius 1 is 0.650 bits per heavy atom. The molecule has 2 saturated heterocycles. The van der Waals surface area contributed by atoms with E-state index < -0.39 is 71.9 Å². The van der Waals surface area contributed by atoms with Gasteiger partial charge in [0, 0.05) is 102 Å². The molecule has 2 aromatic rings. The fourth-order valence-corrected chi connectivity index (χ4v) is 14.4. The summed E-state index contributed by atoms with van der Waals surface area (Å²) in [7, 11) is 9.95. The van der Waals surface area contributed by atoms with Crippen LogP contribution in [0.1, 0.15) is 151 Å². The molecule has 2 fully saturated rings. The fourth-order valence-electron chi connectivity index (χ4n) is 14.4. The summed E-state index contributed by atoms with van der Waals surface area (Å²) in [6.45, 7) is 20.4. The average Bonchev–Trinajstić information content (AvgIpc) is 1.81. The van der Waals surface area contributed by atoms with Gasteiger partial charge in [0.25, 0.3) is 0 Å². The molecule has 2 aliphatic rings. The summed E-state index contributed by atoms with van der Waals surface area (Å²) in [5.41, 5.74) is 7.27. The van der Waals surface area contributed by atoms with E-state index in [1.807, 2.05) is 97.8 Å². The zero-order valence-corrected chi connectivity index (χ0v) is 64.3. The van der Waals surface area contributed by atoms with Crippen molar-refractivity contribution in [1.82, 2.24) is 35.6 Å². The lowest BCUT2D eigenvalue weighted by molar-refractivity contribution is -0.151. The molecule has 0 spiro atoms. The van der Waals surface area contributed by atoms with Gasteiger partial charge in [-0.3, -0.25) is 52.8 Å². The lowest BCUT2D eigenvalue weighted by atomic mass is 9.83. The van der Waals surface area contributed by atoms with E-state index in [-0.39, 0.29) is 180 Å². The molecule has 0 aromatic heterocycles. The molecule has 8 amide bonds. The number of Topliss-reactive ketones (excluding diaryl/α,β-unsaturated/α-hetero) is 3. The molecule has 13 atom stereocenters. The van der Waals surface area contributed by atoms with Gasteiger partial charge >= 0.3 is 12.0 Å². The van der Waals surface area contributed by atoms with Gasteiger partial charge in [-0.05, 0) is 113 Å². The smallest absolute Gasteiger partial charge is 0.312 e. The third kappa shape index (κ3) is 28.3. The lowest BCUT2D eigenvalue weighted by Gasteiger charge is -2.41. The van der Waals surface area contributed by atoms with Crippen LogP contribution in [0.5, 0.6) is 0 Å². The van der Waals surface area contributed by atoms with E-state index >= 15 is 0 Å². The average molecular weight is 1450 g/mol. The highest BCUT2D eigenvalue weighted by atomic mass is 16.5. The topological polar surface area (TPSA) is 330 Å². The number of nitrogens with zero attached hydrogens (tertiary/aromatic N) is 4. The molecule has 0 bridgehead atoms. The van der Waals surface area contributed by atoms with E-state index in [4.69, 9.17) is 34.2 Å². The molecule has 4 rings (SSSR count). The second-order valence-electron chi connectivity index (χ2n) is 29.2. The van der Waals surface area contributed by atoms with E-state index in [1.165, 1.54) is 14.2 Å².